The first-order valence-electron chi connectivity index (χ1n) is 5.25. The van der Waals surface area contributed by atoms with Gasteiger partial charge in [-0.15, -0.1) is 0 Å². The summed E-state index contributed by atoms with van der Waals surface area (Å²) in [5.74, 6) is 0. The Balaban J connectivity index is 1.99. The highest BCUT2D eigenvalue weighted by molar-refractivity contribution is 5.02. The minimum atomic E-state index is 0.868. The predicted molar refractivity (Wildman–Crippen MR) is 59.1 cm³/mol. The Kier molecular flexibility index (Phi) is 5.95. The maximum atomic E-state index is 4.23. The van der Waals surface area contributed by atoms with E-state index in [1.807, 2.05) is 24.4 Å². The summed E-state index contributed by atoms with van der Waals surface area (Å²) in [5, 5.41) is 6.65. The average molecular weight is 193 g/mol. The van der Waals surface area contributed by atoms with E-state index in [-0.39, 0.29) is 0 Å². The van der Waals surface area contributed by atoms with E-state index in [0.717, 1.165) is 31.9 Å². The van der Waals surface area contributed by atoms with E-state index < -0.39 is 0 Å². The van der Waals surface area contributed by atoms with Crippen molar-refractivity contribution in [2.24, 2.45) is 0 Å². The van der Waals surface area contributed by atoms with Gasteiger partial charge in [0.25, 0.3) is 0 Å². The Morgan fingerprint density at radius 2 is 2.07 bits per heavy atom. The van der Waals surface area contributed by atoms with Crippen LogP contribution >= 0.6 is 0 Å². The molecule has 3 nitrogen and oxygen atoms in total. The summed E-state index contributed by atoms with van der Waals surface area (Å²) in [6, 6.07) is 5.99. The molecule has 1 heterocycles. The monoisotopic (exact) mass is 193 g/mol. The van der Waals surface area contributed by atoms with Crippen LogP contribution in [0.1, 0.15) is 19.0 Å². The van der Waals surface area contributed by atoms with E-state index in [1.165, 1.54) is 6.42 Å². The zero-order chi connectivity index (χ0) is 10.1. The number of rotatable bonds is 7. The highest BCUT2D eigenvalue weighted by Crippen LogP contribution is 1.91. The van der Waals surface area contributed by atoms with Crippen molar-refractivity contribution in [3.8, 4) is 0 Å². The van der Waals surface area contributed by atoms with Gasteiger partial charge in [0.15, 0.2) is 0 Å². The lowest BCUT2D eigenvalue weighted by atomic mass is 10.3. The van der Waals surface area contributed by atoms with Gasteiger partial charge in [-0.2, -0.15) is 0 Å². The fourth-order valence-electron chi connectivity index (χ4n) is 1.23. The molecule has 0 atom stereocenters. The van der Waals surface area contributed by atoms with Crippen LogP contribution in [0.25, 0.3) is 0 Å². The van der Waals surface area contributed by atoms with Crippen molar-refractivity contribution in [2.75, 3.05) is 19.6 Å². The van der Waals surface area contributed by atoms with Crippen LogP contribution in [0.4, 0.5) is 0 Å². The molecule has 1 aromatic heterocycles. The number of nitrogens with one attached hydrogen (secondary N) is 2. The molecule has 0 saturated heterocycles. The van der Waals surface area contributed by atoms with Crippen molar-refractivity contribution in [2.45, 2.75) is 19.9 Å². The van der Waals surface area contributed by atoms with E-state index in [0.29, 0.717) is 0 Å². The minimum absolute atomic E-state index is 0.868. The van der Waals surface area contributed by atoms with Gasteiger partial charge in [0, 0.05) is 12.7 Å². The summed E-state index contributed by atoms with van der Waals surface area (Å²) >= 11 is 0. The third-order valence-electron chi connectivity index (χ3n) is 1.99. The highest BCUT2D eigenvalue weighted by Gasteiger charge is 1.91. The second-order valence-corrected chi connectivity index (χ2v) is 3.20. The zero-order valence-electron chi connectivity index (χ0n) is 8.79. The van der Waals surface area contributed by atoms with Crippen LogP contribution in [0.5, 0.6) is 0 Å². The van der Waals surface area contributed by atoms with Crippen LogP contribution in [-0.2, 0) is 6.54 Å². The quantitative estimate of drug-likeness (QED) is 0.638. The maximum absolute atomic E-state index is 4.23. The van der Waals surface area contributed by atoms with Crippen LogP contribution in [0.15, 0.2) is 24.4 Å². The molecule has 0 aromatic carbocycles. The summed E-state index contributed by atoms with van der Waals surface area (Å²) < 4.78 is 0. The first-order valence-corrected chi connectivity index (χ1v) is 5.25. The molecule has 0 radical (unpaired) electrons. The average Bonchev–Trinajstić information content (AvgIpc) is 2.25. The molecule has 0 saturated carbocycles. The van der Waals surface area contributed by atoms with E-state index in [9.17, 15) is 0 Å². The zero-order valence-corrected chi connectivity index (χ0v) is 8.79. The van der Waals surface area contributed by atoms with Gasteiger partial charge in [-0.25, -0.2) is 0 Å². The smallest absolute Gasteiger partial charge is 0.0541 e. The van der Waals surface area contributed by atoms with Gasteiger partial charge in [-0.1, -0.05) is 13.0 Å². The fourth-order valence-corrected chi connectivity index (χ4v) is 1.23. The molecule has 3 heteroatoms. The Morgan fingerprint density at radius 1 is 1.21 bits per heavy atom. The van der Waals surface area contributed by atoms with E-state index in [1.54, 1.807) is 0 Å². The molecular formula is C11H19N3. The standard InChI is InChI=1S/C11H19N3/c1-2-12-7-5-8-13-10-11-6-3-4-9-14-11/h3-4,6,9,12-13H,2,5,7-8,10H2,1H3. The van der Waals surface area contributed by atoms with Crippen LogP contribution in [-0.4, -0.2) is 24.6 Å². The number of nitrogens with zero attached hydrogens (tertiary/aromatic N) is 1. The summed E-state index contributed by atoms with van der Waals surface area (Å²) in [5.41, 5.74) is 1.11. The second kappa shape index (κ2) is 7.47. The second-order valence-electron chi connectivity index (χ2n) is 3.20. The molecule has 0 aliphatic rings. The third-order valence-corrected chi connectivity index (χ3v) is 1.99. The van der Waals surface area contributed by atoms with Crippen molar-refractivity contribution >= 4 is 0 Å². The Labute approximate surface area is 85.9 Å². The Morgan fingerprint density at radius 3 is 2.79 bits per heavy atom. The van der Waals surface area contributed by atoms with E-state index in [2.05, 4.69) is 22.5 Å². The molecule has 0 amide bonds. The lowest BCUT2D eigenvalue weighted by Gasteiger charge is -2.04. The molecule has 14 heavy (non-hydrogen) atoms. The summed E-state index contributed by atoms with van der Waals surface area (Å²) in [4.78, 5) is 4.23. The van der Waals surface area contributed by atoms with Gasteiger partial charge >= 0.3 is 0 Å². The molecule has 2 N–H and O–H groups in total. The molecule has 0 aliphatic carbocycles. The molecular weight excluding hydrogens is 174 g/mol. The largest absolute Gasteiger partial charge is 0.317 e. The van der Waals surface area contributed by atoms with Crippen LogP contribution < -0.4 is 10.6 Å². The lowest BCUT2D eigenvalue weighted by Crippen LogP contribution is -2.21. The maximum Gasteiger partial charge on any atom is 0.0541 e. The summed E-state index contributed by atoms with van der Waals surface area (Å²) in [6.45, 7) is 6.18. The normalized spacial score (nSPS) is 10.4. The first kappa shape index (κ1) is 11.1. The molecule has 0 unspecified atom stereocenters. The van der Waals surface area contributed by atoms with Gasteiger partial charge in [0.1, 0.15) is 0 Å². The number of aromatic nitrogens is 1. The van der Waals surface area contributed by atoms with Crippen molar-refractivity contribution in [1.29, 1.82) is 0 Å². The predicted octanol–water partition coefficient (Wildman–Crippen LogP) is 1.17. The molecule has 78 valence electrons. The van der Waals surface area contributed by atoms with E-state index >= 15 is 0 Å². The van der Waals surface area contributed by atoms with Gasteiger partial charge in [0.2, 0.25) is 0 Å². The molecule has 0 aliphatic heterocycles. The van der Waals surface area contributed by atoms with Gasteiger partial charge in [-0.05, 0) is 38.2 Å². The first-order chi connectivity index (χ1) is 6.93. The van der Waals surface area contributed by atoms with Gasteiger partial charge in [0.05, 0.1) is 5.69 Å². The van der Waals surface area contributed by atoms with Gasteiger partial charge in [-0.3, -0.25) is 4.98 Å². The van der Waals surface area contributed by atoms with Crippen LogP contribution in [0, 0.1) is 0 Å². The number of pyridine rings is 1. The SMILES string of the molecule is CCNCCCNCc1ccccn1. The Hall–Kier alpha value is -0.930. The number of hydrogen-bond acceptors (Lipinski definition) is 3. The lowest BCUT2D eigenvalue weighted by molar-refractivity contribution is 0.601. The molecule has 0 fully saturated rings. The fraction of sp³-hybridized carbons (Fsp3) is 0.545. The molecule has 1 aromatic rings. The van der Waals surface area contributed by atoms with Crippen molar-refractivity contribution in [1.82, 2.24) is 15.6 Å². The Bertz CT molecular complexity index is 223. The summed E-state index contributed by atoms with van der Waals surface area (Å²) in [6.07, 6.45) is 3.00. The van der Waals surface area contributed by atoms with Crippen molar-refractivity contribution in [3.05, 3.63) is 30.1 Å². The van der Waals surface area contributed by atoms with Crippen LogP contribution in [0.2, 0.25) is 0 Å². The van der Waals surface area contributed by atoms with Crippen molar-refractivity contribution < 1.29 is 0 Å². The van der Waals surface area contributed by atoms with Gasteiger partial charge < -0.3 is 10.6 Å². The van der Waals surface area contributed by atoms with Crippen LogP contribution in [0.3, 0.4) is 0 Å². The number of hydrogen-bond donors (Lipinski definition) is 2. The van der Waals surface area contributed by atoms with E-state index in [4.69, 9.17) is 0 Å². The molecule has 1 rings (SSSR count). The molecule has 0 bridgehead atoms. The third kappa shape index (κ3) is 4.94. The minimum Gasteiger partial charge on any atom is -0.317 e. The topological polar surface area (TPSA) is 37.0 Å². The molecule has 0 spiro atoms. The summed E-state index contributed by atoms with van der Waals surface area (Å²) in [7, 11) is 0. The van der Waals surface area contributed by atoms with Crippen molar-refractivity contribution in [3.63, 3.8) is 0 Å². The highest BCUT2D eigenvalue weighted by atomic mass is 14.9.